The summed E-state index contributed by atoms with van der Waals surface area (Å²) in [5.41, 5.74) is 0.435. The van der Waals surface area contributed by atoms with Crippen molar-refractivity contribution in [1.29, 1.82) is 0 Å². The Kier molecular flexibility index (Phi) is 3.14. The zero-order valence-electron chi connectivity index (χ0n) is 9.71. The predicted molar refractivity (Wildman–Crippen MR) is 63.5 cm³/mol. The summed E-state index contributed by atoms with van der Waals surface area (Å²) in [4.78, 5) is 11.0. The van der Waals surface area contributed by atoms with Gasteiger partial charge in [-0.2, -0.15) is 0 Å². The van der Waals surface area contributed by atoms with Crippen molar-refractivity contribution in [2.45, 2.75) is 18.1 Å². The Hall–Kier alpha value is -1.43. The Balaban J connectivity index is 2.37. The van der Waals surface area contributed by atoms with Crippen LogP contribution < -0.4 is 0 Å². The topological polar surface area (TPSA) is 71.4 Å². The van der Waals surface area contributed by atoms with Gasteiger partial charge in [-0.15, -0.1) is 0 Å². The molecule has 1 aromatic rings. The van der Waals surface area contributed by atoms with Gasteiger partial charge in [0.25, 0.3) is 0 Å². The van der Waals surface area contributed by atoms with Gasteiger partial charge < -0.3 is 5.11 Å². The van der Waals surface area contributed by atoms with Gasteiger partial charge in [0, 0.05) is 11.7 Å². The lowest BCUT2D eigenvalue weighted by Crippen LogP contribution is -2.14. The number of halogens is 1. The molecule has 4 nitrogen and oxygen atoms in total. The number of carboxylic acid groups (broad SMARTS) is 1. The maximum Gasteiger partial charge on any atom is 0.308 e. The second kappa shape index (κ2) is 4.35. The van der Waals surface area contributed by atoms with E-state index in [4.69, 9.17) is 5.11 Å². The fourth-order valence-electron chi connectivity index (χ4n) is 2.33. The van der Waals surface area contributed by atoms with E-state index >= 15 is 0 Å². The van der Waals surface area contributed by atoms with Gasteiger partial charge in [-0.3, -0.25) is 4.79 Å². The number of sulfone groups is 1. The summed E-state index contributed by atoms with van der Waals surface area (Å²) in [5, 5.41) is 8.10. The van der Waals surface area contributed by atoms with Crippen molar-refractivity contribution in [3.63, 3.8) is 0 Å². The van der Waals surface area contributed by atoms with Crippen LogP contribution in [0.1, 0.15) is 18.4 Å². The van der Waals surface area contributed by atoms with Gasteiger partial charge >= 0.3 is 5.97 Å². The molecular formula is C12H13FO4S. The molecule has 3 atom stereocenters. The molecule has 1 aromatic carbocycles. The average molecular weight is 272 g/mol. The van der Waals surface area contributed by atoms with Crippen LogP contribution in [-0.4, -0.2) is 30.5 Å². The molecule has 0 aliphatic heterocycles. The van der Waals surface area contributed by atoms with E-state index in [0.29, 0.717) is 5.56 Å². The summed E-state index contributed by atoms with van der Waals surface area (Å²) in [7, 11) is -3.43. The van der Waals surface area contributed by atoms with E-state index in [1.54, 1.807) is 6.07 Å². The summed E-state index contributed by atoms with van der Waals surface area (Å²) in [6.07, 6.45) is 0. The molecule has 0 spiro atoms. The summed E-state index contributed by atoms with van der Waals surface area (Å²) in [6.45, 7) is 1.48. The van der Waals surface area contributed by atoms with Gasteiger partial charge in [-0.1, -0.05) is 19.1 Å². The van der Waals surface area contributed by atoms with Crippen molar-refractivity contribution < 1.29 is 22.7 Å². The summed E-state index contributed by atoms with van der Waals surface area (Å²) >= 11 is 0. The monoisotopic (exact) mass is 272 g/mol. The molecule has 0 radical (unpaired) electrons. The minimum absolute atomic E-state index is 0.104. The van der Waals surface area contributed by atoms with Crippen LogP contribution in [0, 0.1) is 11.7 Å². The molecule has 0 aromatic heterocycles. The highest BCUT2D eigenvalue weighted by atomic mass is 32.2. The fourth-order valence-corrected chi connectivity index (χ4v) is 4.13. The van der Waals surface area contributed by atoms with E-state index in [0.717, 1.165) is 0 Å². The standard InChI is InChI=1S/C12H13FO4S/c1-2-18(16,17)11-9(10(11)12(14)15)7-4-3-5-8(13)6-7/h3-6,9-11H,2H2,1H3,(H,14,15)/t9-,10+,11+/m1/s1. The molecule has 98 valence electrons. The van der Waals surface area contributed by atoms with E-state index < -0.39 is 38.7 Å². The van der Waals surface area contributed by atoms with Crippen LogP contribution in [-0.2, 0) is 14.6 Å². The van der Waals surface area contributed by atoms with Gasteiger partial charge in [0.2, 0.25) is 0 Å². The number of rotatable bonds is 4. The van der Waals surface area contributed by atoms with Crippen molar-refractivity contribution in [3.8, 4) is 0 Å². The maximum atomic E-state index is 13.1. The van der Waals surface area contributed by atoms with Crippen molar-refractivity contribution in [1.82, 2.24) is 0 Å². The number of carbonyl (C=O) groups is 1. The molecule has 0 bridgehead atoms. The molecule has 1 N–H and O–H groups in total. The van der Waals surface area contributed by atoms with E-state index in [-0.39, 0.29) is 5.75 Å². The molecule has 0 unspecified atom stereocenters. The highest BCUT2D eigenvalue weighted by Gasteiger charge is 2.62. The molecule has 2 rings (SSSR count). The number of benzene rings is 1. The number of aliphatic carboxylic acids is 1. The lowest BCUT2D eigenvalue weighted by Gasteiger charge is -2.00. The van der Waals surface area contributed by atoms with Crippen LogP contribution in [0.4, 0.5) is 4.39 Å². The molecular weight excluding hydrogens is 259 g/mol. The quantitative estimate of drug-likeness (QED) is 0.900. The van der Waals surface area contributed by atoms with Crippen LogP contribution in [0.15, 0.2) is 24.3 Å². The molecule has 1 saturated carbocycles. The average Bonchev–Trinajstić information content (AvgIpc) is 3.05. The lowest BCUT2D eigenvalue weighted by atomic mass is 10.1. The molecule has 1 aliphatic rings. The Morgan fingerprint density at radius 2 is 2.11 bits per heavy atom. The SMILES string of the molecule is CCS(=O)(=O)[C@@H]1[C@@H](C(=O)O)[C@H]1c1cccc(F)c1. The Morgan fingerprint density at radius 1 is 1.44 bits per heavy atom. The van der Waals surface area contributed by atoms with Crippen molar-refractivity contribution in [3.05, 3.63) is 35.6 Å². The van der Waals surface area contributed by atoms with Crippen molar-refractivity contribution >= 4 is 15.8 Å². The van der Waals surface area contributed by atoms with Gasteiger partial charge in [0.1, 0.15) is 5.82 Å². The largest absolute Gasteiger partial charge is 0.481 e. The molecule has 0 saturated heterocycles. The molecule has 6 heteroatoms. The maximum absolute atomic E-state index is 13.1. The third kappa shape index (κ3) is 2.12. The first-order chi connectivity index (χ1) is 8.38. The fraction of sp³-hybridized carbons (Fsp3) is 0.417. The van der Waals surface area contributed by atoms with Gasteiger partial charge in [0.05, 0.1) is 11.2 Å². The highest BCUT2D eigenvalue weighted by Crippen LogP contribution is 2.52. The van der Waals surface area contributed by atoms with E-state index in [1.165, 1.54) is 25.1 Å². The lowest BCUT2D eigenvalue weighted by molar-refractivity contribution is -0.138. The minimum Gasteiger partial charge on any atom is -0.481 e. The summed E-state index contributed by atoms with van der Waals surface area (Å²) < 4.78 is 36.7. The highest BCUT2D eigenvalue weighted by molar-refractivity contribution is 7.92. The predicted octanol–water partition coefficient (Wildman–Crippen LogP) is 1.43. The molecule has 1 aliphatic carbocycles. The van der Waals surface area contributed by atoms with Crippen LogP contribution in [0.2, 0.25) is 0 Å². The van der Waals surface area contributed by atoms with Crippen LogP contribution in [0.3, 0.4) is 0 Å². The Labute approximate surface area is 104 Å². The van der Waals surface area contributed by atoms with Gasteiger partial charge in [-0.05, 0) is 17.7 Å². The number of hydrogen-bond acceptors (Lipinski definition) is 3. The van der Waals surface area contributed by atoms with Gasteiger partial charge in [-0.25, -0.2) is 12.8 Å². The van der Waals surface area contributed by atoms with E-state index in [2.05, 4.69) is 0 Å². The second-order valence-corrected chi connectivity index (χ2v) is 6.81. The third-order valence-electron chi connectivity index (χ3n) is 3.29. The zero-order chi connectivity index (χ0) is 13.5. The summed E-state index contributed by atoms with van der Waals surface area (Å²) in [5.74, 6) is -3.34. The van der Waals surface area contributed by atoms with E-state index in [9.17, 15) is 17.6 Å². The Bertz CT molecular complexity index is 581. The first-order valence-corrected chi connectivity index (χ1v) is 7.30. The van der Waals surface area contributed by atoms with Crippen LogP contribution in [0.5, 0.6) is 0 Å². The first-order valence-electron chi connectivity index (χ1n) is 5.58. The molecule has 0 amide bonds. The van der Waals surface area contributed by atoms with Crippen molar-refractivity contribution in [2.75, 3.05) is 5.75 Å². The third-order valence-corrected chi connectivity index (χ3v) is 5.51. The second-order valence-electron chi connectivity index (χ2n) is 4.36. The van der Waals surface area contributed by atoms with E-state index in [1.807, 2.05) is 0 Å². The number of carboxylic acids is 1. The first kappa shape index (κ1) is 13.0. The van der Waals surface area contributed by atoms with Crippen LogP contribution in [0.25, 0.3) is 0 Å². The molecule has 1 fully saturated rings. The zero-order valence-corrected chi connectivity index (χ0v) is 10.5. The molecule has 18 heavy (non-hydrogen) atoms. The molecule has 0 heterocycles. The van der Waals surface area contributed by atoms with Gasteiger partial charge in [0.15, 0.2) is 9.84 Å². The normalized spacial score (nSPS) is 26.9. The van der Waals surface area contributed by atoms with Crippen molar-refractivity contribution in [2.24, 2.45) is 5.92 Å². The minimum atomic E-state index is -3.43. The smallest absolute Gasteiger partial charge is 0.308 e. The van der Waals surface area contributed by atoms with Crippen LogP contribution >= 0.6 is 0 Å². The summed E-state index contributed by atoms with van der Waals surface area (Å²) in [6, 6.07) is 5.46. The number of hydrogen-bond donors (Lipinski definition) is 1. The Morgan fingerprint density at radius 3 is 2.61 bits per heavy atom.